The maximum atomic E-state index is 12.6. The topological polar surface area (TPSA) is 57.1 Å². The number of aromatic nitrogens is 1. The van der Waals surface area contributed by atoms with Crippen LogP contribution in [0.5, 0.6) is 0 Å². The van der Waals surface area contributed by atoms with Gasteiger partial charge in [-0.05, 0) is 42.7 Å². The van der Waals surface area contributed by atoms with E-state index in [0.717, 1.165) is 42.4 Å². The van der Waals surface area contributed by atoms with E-state index < -0.39 is 0 Å². The lowest BCUT2D eigenvalue weighted by Crippen LogP contribution is -2.42. The molecule has 2 atom stereocenters. The average molecular weight is 335 g/mol. The lowest BCUT2D eigenvalue weighted by Gasteiger charge is -2.37. The minimum atomic E-state index is 0.331. The monoisotopic (exact) mass is 335 g/mol. The molecule has 4 rings (SSSR count). The van der Waals surface area contributed by atoms with Gasteiger partial charge in [-0.25, -0.2) is 0 Å². The van der Waals surface area contributed by atoms with E-state index in [-0.39, 0.29) is 0 Å². The number of nitrogens with one attached hydrogen (secondary N) is 1. The third kappa shape index (κ3) is 3.30. The molecule has 2 aromatic rings. The van der Waals surface area contributed by atoms with Gasteiger partial charge in [0.15, 0.2) is 0 Å². The number of rotatable bonds is 4. The van der Waals surface area contributed by atoms with Crippen LogP contribution < -0.4 is 0 Å². The average Bonchev–Trinajstić information content (AvgIpc) is 3.44. The Kier molecular flexibility index (Phi) is 4.28. The molecule has 1 aliphatic heterocycles. The maximum Gasteiger partial charge on any atom is 0.222 e. The van der Waals surface area contributed by atoms with Gasteiger partial charge in [-0.3, -0.25) is 9.78 Å². The molecule has 2 aliphatic rings. The number of fused-ring (bicyclic) bond motifs is 1. The molecule has 4 nitrogen and oxygen atoms in total. The molecule has 1 saturated carbocycles. The van der Waals surface area contributed by atoms with Crippen molar-refractivity contribution in [3.8, 4) is 0 Å². The smallest absolute Gasteiger partial charge is 0.222 e. The van der Waals surface area contributed by atoms with Crippen LogP contribution in [-0.4, -0.2) is 35.1 Å². The summed E-state index contributed by atoms with van der Waals surface area (Å²) in [5, 5.41) is 8.74. The first kappa shape index (κ1) is 16.2. The highest BCUT2D eigenvalue weighted by molar-refractivity contribution is 5.98. The fourth-order valence-corrected chi connectivity index (χ4v) is 4.17. The van der Waals surface area contributed by atoms with E-state index >= 15 is 0 Å². The van der Waals surface area contributed by atoms with E-state index in [1.54, 1.807) is 6.20 Å². The molecule has 1 aromatic carbocycles. The zero-order valence-corrected chi connectivity index (χ0v) is 14.7. The first-order chi connectivity index (χ1) is 12.2. The van der Waals surface area contributed by atoms with E-state index in [4.69, 9.17) is 5.41 Å². The predicted octanol–water partition coefficient (Wildman–Crippen LogP) is 3.98. The molecule has 0 unspecified atom stereocenters. The summed E-state index contributed by atoms with van der Waals surface area (Å²) in [5.41, 5.74) is 3.01. The lowest BCUT2D eigenvalue weighted by molar-refractivity contribution is -0.133. The number of likely N-dealkylation sites (tertiary alicyclic amines) is 1. The van der Waals surface area contributed by atoms with Crippen molar-refractivity contribution in [1.29, 1.82) is 5.41 Å². The molecule has 0 bridgehead atoms. The van der Waals surface area contributed by atoms with Crippen LogP contribution in [0.2, 0.25) is 0 Å². The Labute approximate surface area is 148 Å². The van der Waals surface area contributed by atoms with Crippen molar-refractivity contribution in [2.75, 3.05) is 13.1 Å². The van der Waals surface area contributed by atoms with E-state index in [1.165, 1.54) is 24.6 Å². The molecule has 1 N–H and O–H groups in total. The Morgan fingerprint density at radius 2 is 2.16 bits per heavy atom. The third-order valence-electron chi connectivity index (χ3n) is 5.60. The molecular formula is C21H25N3O. The Morgan fingerprint density at radius 3 is 2.92 bits per heavy atom. The highest BCUT2D eigenvalue weighted by Gasteiger charge is 2.32. The first-order valence-corrected chi connectivity index (χ1v) is 9.31. The molecular weight excluding hydrogens is 310 g/mol. The summed E-state index contributed by atoms with van der Waals surface area (Å²) in [4.78, 5) is 19.2. The van der Waals surface area contributed by atoms with Crippen LogP contribution in [0.4, 0.5) is 0 Å². The Hall–Kier alpha value is -2.23. The molecule has 2 heterocycles. The van der Waals surface area contributed by atoms with Crippen LogP contribution in [0.1, 0.15) is 49.7 Å². The van der Waals surface area contributed by atoms with Gasteiger partial charge in [0.05, 0.1) is 5.52 Å². The van der Waals surface area contributed by atoms with Crippen LogP contribution in [0.15, 0.2) is 30.5 Å². The number of carbonyl (C=O) groups is 1. The van der Waals surface area contributed by atoms with E-state index in [2.05, 4.69) is 28.9 Å². The Balaban J connectivity index is 1.65. The van der Waals surface area contributed by atoms with E-state index in [0.29, 0.717) is 23.7 Å². The van der Waals surface area contributed by atoms with Gasteiger partial charge < -0.3 is 10.3 Å². The van der Waals surface area contributed by atoms with Gasteiger partial charge in [-0.15, -0.1) is 0 Å². The summed E-state index contributed by atoms with van der Waals surface area (Å²) in [6.45, 7) is 3.94. The fourth-order valence-electron chi connectivity index (χ4n) is 4.17. The molecule has 0 radical (unpaired) electrons. The summed E-state index contributed by atoms with van der Waals surface area (Å²) in [5.74, 6) is 1.83. The molecule has 1 aromatic heterocycles. The minimum Gasteiger partial charge on any atom is -0.342 e. The van der Waals surface area contributed by atoms with Gasteiger partial charge in [-0.2, -0.15) is 0 Å². The number of piperidine rings is 1. The minimum absolute atomic E-state index is 0.331. The van der Waals surface area contributed by atoms with Crippen molar-refractivity contribution >= 4 is 23.0 Å². The zero-order valence-electron chi connectivity index (χ0n) is 14.7. The second kappa shape index (κ2) is 6.58. The van der Waals surface area contributed by atoms with Gasteiger partial charge in [0, 0.05) is 48.8 Å². The molecule has 1 saturated heterocycles. The normalized spacial score (nSPS) is 23.6. The molecule has 1 aliphatic carbocycles. The van der Waals surface area contributed by atoms with Gasteiger partial charge in [0.25, 0.3) is 0 Å². The zero-order chi connectivity index (χ0) is 17.4. The van der Waals surface area contributed by atoms with Crippen molar-refractivity contribution in [3.05, 3.63) is 41.6 Å². The number of nitrogens with zero attached hydrogens (tertiary/aromatic N) is 2. The Bertz CT molecular complexity index is 812. The second-order valence-corrected chi connectivity index (χ2v) is 7.77. The second-order valence-electron chi connectivity index (χ2n) is 7.77. The van der Waals surface area contributed by atoms with Gasteiger partial charge in [0.2, 0.25) is 5.91 Å². The molecule has 2 fully saturated rings. The maximum absolute atomic E-state index is 12.6. The third-order valence-corrected chi connectivity index (χ3v) is 5.60. The van der Waals surface area contributed by atoms with Crippen LogP contribution in [0.3, 0.4) is 0 Å². The van der Waals surface area contributed by atoms with E-state index in [1.807, 2.05) is 12.1 Å². The number of pyridine rings is 1. The standard InChI is InChI=1S/C21H25N3O/c1-14-9-17(13-24(12-14)20(25)10-15-4-5-15)18-7-6-16(11-22)21-19(18)3-2-8-23-21/h2-3,6-8,11,14-15,17,22H,4-5,9-10,12-13H2,1H3/t14-,17+/m1/s1. The van der Waals surface area contributed by atoms with Crippen molar-refractivity contribution < 1.29 is 4.79 Å². The van der Waals surface area contributed by atoms with Crippen LogP contribution in [0, 0.1) is 17.2 Å². The molecule has 0 spiro atoms. The van der Waals surface area contributed by atoms with Crippen LogP contribution in [-0.2, 0) is 4.79 Å². The predicted molar refractivity (Wildman–Crippen MR) is 100 cm³/mol. The van der Waals surface area contributed by atoms with Gasteiger partial charge >= 0.3 is 0 Å². The van der Waals surface area contributed by atoms with Crippen molar-refractivity contribution in [2.24, 2.45) is 11.8 Å². The van der Waals surface area contributed by atoms with Crippen LogP contribution >= 0.6 is 0 Å². The molecule has 1 amide bonds. The van der Waals surface area contributed by atoms with Gasteiger partial charge in [-0.1, -0.05) is 25.1 Å². The summed E-state index contributed by atoms with van der Waals surface area (Å²) in [6.07, 6.45) is 7.43. The highest BCUT2D eigenvalue weighted by Crippen LogP contribution is 2.37. The number of amides is 1. The first-order valence-electron chi connectivity index (χ1n) is 9.31. The summed E-state index contributed by atoms with van der Waals surface area (Å²) in [7, 11) is 0. The quantitative estimate of drug-likeness (QED) is 0.859. The lowest BCUT2D eigenvalue weighted by atomic mass is 9.83. The molecule has 25 heavy (non-hydrogen) atoms. The molecule has 4 heteroatoms. The largest absolute Gasteiger partial charge is 0.342 e. The summed E-state index contributed by atoms with van der Waals surface area (Å²) < 4.78 is 0. The van der Waals surface area contributed by atoms with Crippen molar-refractivity contribution in [1.82, 2.24) is 9.88 Å². The van der Waals surface area contributed by atoms with Crippen LogP contribution in [0.25, 0.3) is 10.9 Å². The Morgan fingerprint density at radius 1 is 1.32 bits per heavy atom. The highest BCUT2D eigenvalue weighted by atomic mass is 16.2. The number of carbonyl (C=O) groups excluding carboxylic acids is 1. The van der Waals surface area contributed by atoms with Gasteiger partial charge in [0.1, 0.15) is 0 Å². The fraction of sp³-hybridized carbons (Fsp3) is 0.476. The van der Waals surface area contributed by atoms with Crippen molar-refractivity contribution in [3.63, 3.8) is 0 Å². The van der Waals surface area contributed by atoms with Crippen molar-refractivity contribution in [2.45, 2.75) is 38.5 Å². The molecule has 130 valence electrons. The SMILES string of the molecule is C[C@@H]1C[C@H](c2ccc(C=N)c3ncccc23)CN(C(=O)CC2CC2)C1. The number of hydrogen-bond donors (Lipinski definition) is 1. The summed E-state index contributed by atoms with van der Waals surface area (Å²) >= 11 is 0. The van der Waals surface area contributed by atoms with E-state index in [9.17, 15) is 4.79 Å². The summed E-state index contributed by atoms with van der Waals surface area (Å²) in [6, 6.07) is 8.19. The number of benzene rings is 1. The number of hydrogen-bond acceptors (Lipinski definition) is 3.